The van der Waals surface area contributed by atoms with Gasteiger partial charge in [0.05, 0.1) is 11.8 Å². The van der Waals surface area contributed by atoms with Gasteiger partial charge in [0, 0.05) is 12.0 Å². The Labute approximate surface area is 91.6 Å². The van der Waals surface area contributed by atoms with Crippen LogP contribution < -0.4 is 0 Å². The van der Waals surface area contributed by atoms with Gasteiger partial charge < -0.3 is 10.0 Å². The predicted octanol–water partition coefficient (Wildman–Crippen LogP) is 1.56. The number of thioether (sulfide) groups is 1. The van der Waals surface area contributed by atoms with Crippen molar-refractivity contribution in [1.82, 2.24) is 4.90 Å². The summed E-state index contributed by atoms with van der Waals surface area (Å²) in [5.74, 6) is 1.33. The monoisotopic (exact) mass is 235 g/mol. The molecule has 2 aliphatic heterocycles. The Bertz CT molecular complexity index is 250. The summed E-state index contributed by atoms with van der Waals surface area (Å²) in [7, 11) is 0. The molecule has 6 heteroatoms. The molecule has 0 spiro atoms. The van der Waals surface area contributed by atoms with Gasteiger partial charge in [-0.2, -0.15) is 0 Å². The highest BCUT2D eigenvalue weighted by Crippen LogP contribution is 2.32. The van der Waals surface area contributed by atoms with Crippen LogP contribution in [0.5, 0.6) is 0 Å². The SMILES string of the molecule is O=C1CC2SCC=CN12.OC(=S)S. The van der Waals surface area contributed by atoms with Gasteiger partial charge in [0.15, 0.2) is 0 Å². The van der Waals surface area contributed by atoms with Crippen LogP contribution in [-0.4, -0.2) is 31.4 Å². The molecule has 1 unspecified atom stereocenters. The second-order valence-corrected chi connectivity index (χ2v) is 4.78. The van der Waals surface area contributed by atoms with Crippen LogP contribution in [0.1, 0.15) is 6.42 Å². The Morgan fingerprint density at radius 1 is 1.85 bits per heavy atom. The normalized spacial score (nSPS) is 23.9. The Kier molecular flexibility index (Phi) is 4.08. The molecule has 1 atom stereocenters. The second kappa shape index (κ2) is 4.88. The van der Waals surface area contributed by atoms with Crippen LogP contribution in [0.25, 0.3) is 0 Å². The number of amides is 1. The van der Waals surface area contributed by atoms with Gasteiger partial charge in [0.1, 0.15) is 0 Å². The molecule has 0 aromatic heterocycles. The van der Waals surface area contributed by atoms with E-state index in [1.54, 1.807) is 4.90 Å². The molecule has 0 aliphatic carbocycles. The van der Waals surface area contributed by atoms with E-state index in [4.69, 9.17) is 5.11 Å². The fourth-order valence-corrected chi connectivity index (χ4v) is 2.07. The average molecular weight is 235 g/mol. The van der Waals surface area contributed by atoms with E-state index < -0.39 is 0 Å². The Morgan fingerprint density at radius 2 is 2.46 bits per heavy atom. The first kappa shape index (κ1) is 10.9. The summed E-state index contributed by atoms with van der Waals surface area (Å²) in [5, 5.41) is 8.13. The molecule has 2 heterocycles. The van der Waals surface area contributed by atoms with Crippen molar-refractivity contribution in [3.05, 3.63) is 12.3 Å². The molecule has 13 heavy (non-hydrogen) atoms. The summed E-state index contributed by atoms with van der Waals surface area (Å²) in [5.41, 5.74) is 0. The van der Waals surface area contributed by atoms with Crippen molar-refractivity contribution in [2.24, 2.45) is 0 Å². The number of β-lactam (4-membered cyclic amide) rings is 1. The van der Waals surface area contributed by atoms with Crippen molar-refractivity contribution in [3.63, 3.8) is 0 Å². The third-order valence-electron chi connectivity index (χ3n) is 1.60. The summed E-state index contributed by atoms with van der Waals surface area (Å²) in [6.07, 6.45) is 4.67. The molecule has 0 aromatic rings. The molecule has 0 radical (unpaired) electrons. The molecule has 0 bridgehead atoms. The molecule has 2 aliphatic rings. The zero-order valence-corrected chi connectivity index (χ0v) is 9.24. The highest BCUT2D eigenvalue weighted by molar-refractivity contribution is 8.10. The predicted molar refractivity (Wildman–Crippen MR) is 61.1 cm³/mol. The average Bonchev–Trinajstić information content (AvgIpc) is 2.02. The lowest BCUT2D eigenvalue weighted by atomic mass is 10.2. The van der Waals surface area contributed by atoms with E-state index in [9.17, 15) is 4.79 Å². The number of aliphatic hydroxyl groups excluding tert-OH is 1. The van der Waals surface area contributed by atoms with Crippen LogP contribution in [0.4, 0.5) is 0 Å². The van der Waals surface area contributed by atoms with Gasteiger partial charge >= 0.3 is 0 Å². The van der Waals surface area contributed by atoms with Crippen molar-refractivity contribution >= 4 is 46.9 Å². The number of carbonyl (C=O) groups excluding carboxylic acids is 1. The molecular formula is C7H9NO2S3. The zero-order valence-electron chi connectivity index (χ0n) is 6.71. The van der Waals surface area contributed by atoms with Crippen LogP contribution in [0, 0.1) is 0 Å². The van der Waals surface area contributed by atoms with Crippen LogP contribution in [0.2, 0.25) is 0 Å². The Morgan fingerprint density at radius 3 is 2.85 bits per heavy atom. The van der Waals surface area contributed by atoms with E-state index in [-0.39, 0.29) is 10.3 Å². The van der Waals surface area contributed by atoms with Crippen LogP contribution >= 0.6 is 36.6 Å². The van der Waals surface area contributed by atoms with Crippen molar-refractivity contribution < 1.29 is 9.90 Å². The fraction of sp³-hybridized carbons (Fsp3) is 0.429. The number of thiocarbonyl (C=S) groups is 1. The lowest BCUT2D eigenvalue weighted by Gasteiger charge is -2.39. The summed E-state index contributed by atoms with van der Waals surface area (Å²) < 4.78 is -0.306. The van der Waals surface area contributed by atoms with Gasteiger partial charge in [-0.25, -0.2) is 0 Å². The molecule has 0 aromatic carbocycles. The molecule has 3 nitrogen and oxygen atoms in total. The minimum Gasteiger partial charge on any atom is -0.494 e. The standard InChI is InChI=1S/C6H7NOS.CH2OS2/c8-5-4-6-7(5)2-1-3-9-6;2-1(3)4/h1-2,6H,3-4H2;(H2,2,3,4). The number of nitrogens with zero attached hydrogens (tertiary/aromatic N) is 1. The zero-order chi connectivity index (χ0) is 9.84. The van der Waals surface area contributed by atoms with Gasteiger partial charge in [-0.15, -0.1) is 11.8 Å². The number of rotatable bonds is 0. The minimum atomic E-state index is -0.306. The van der Waals surface area contributed by atoms with Gasteiger partial charge in [-0.05, 0) is 12.2 Å². The second-order valence-electron chi connectivity index (χ2n) is 2.46. The maximum Gasteiger partial charge on any atom is 0.230 e. The molecule has 2 rings (SSSR count). The van der Waals surface area contributed by atoms with Crippen LogP contribution in [0.3, 0.4) is 0 Å². The first-order valence-corrected chi connectivity index (χ1v) is 5.53. The largest absolute Gasteiger partial charge is 0.494 e. The molecule has 1 fully saturated rings. The Hall–Kier alpha value is -0.200. The summed E-state index contributed by atoms with van der Waals surface area (Å²) >= 11 is 9.04. The van der Waals surface area contributed by atoms with Crippen LogP contribution in [0.15, 0.2) is 12.3 Å². The fourth-order valence-electron chi connectivity index (χ4n) is 1.04. The molecule has 72 valence electrons. The van der Waals surface area contributed by atoms with Crippen molar-refractivity contribution in [2.75, 3.05) is 5.75 Å². The molecule has 1 amide bonds. The molecule has 0 saturated carbocycles. The number of aliphatic hydroxyl groups is 1. The van der Waals surface area contributed by atoms with E-state index in [0.29, 0.717) is 5.37 Å². The maximum absolute atomic E-state index is 10.7. The number of thiol groups is 1. The lowest BCUT2D eigenvalue weighted by Crippen LogP contribution is -2.48. The highest BCUT2D eigenvalue weighted by Gasteiger charge is 2.35. The third kappa shape index (κ3) is 3.21. The quantitative estimate of drug-likeness (QED) is 0.380. The van der Waals surface area contributed by atoms with Gasteiger partial charge in [0.2, 0.25) is 10.3 Å². The number of fused-ring (bicyclic) bond motifs is 1. The third-order valence-corrected chi connectivity index (χ3v) is 2.76. The number of hydrogen-bond donors (Lipinski definition) is 2. The van der Waals surface area contributed by atoms with Gasteiger partial charge in [-0.1, -0.05) is 18.7 Å². The summed E-state index contributed by atoms with van der Waals surface area (Å²) in [6, 6.07) is 0. The maximum atomic E-state index is 10.7. The first-order chi connectivity index (χ1) is 6.11. The number of hydrogen-bond acceptors (Lipinski definition) is 3. The van der Waals surface area contributed by atoms with Gasteiger partial charge in [0.25, 0.3) is 0 Å². The smallest absolute Gasteiger partial charge is 0.230 e. The van der Waals surface area contributed by atoms with Crippen molar-refractivity contribution in [3.8, 4) is 0 Å². The van der Waals surface area contributed by atoms with E-state index >= 15 is 0 Å². The summed E-state index contributed by atoms with van der Waals surface area (Å²) in [4.78, 5) is 12.5. The summed E-state index contributed by atoms with van der Waals surface area (Å²) in [6.45, 7) is 0. The van der Waals surface area contributed by atoms with E-state index in [0.717, 1.165) is 12.2 Å². The minimum absolute atomic E-state index is 0.267. The topological polar surface area (TPSA) is 40.5 Å². The van der Waals surface area contributed by atoms with Gasteiger partial charge in [-0.3, -0.25) is 4.79 Å². The highest BCUT2D eigenvalue weighted by atomic mass is 32.2. The van der Waals surface area contributed by atoms with E-state index in [1.807, 2.05) is 24.0 Å². The number of carbonyl (C=O) groups is 1. The van der Waals surface area contributed by atoms with Crippen LogP contribution in [-0.2, 0) is 4.79 Å². The molecular weight excluding hydrogens is 226 g/mol. The van der Waals surface area contributed by atoms with E-state index in [2.05, 4.69) is 24.8 Å². The lowest BCUT2D eigenvalue weighted by molar-refractivity contribution is -0.137. The Balaban J connectivity index is 0.000000184. The van der Waals surface area contributed by atoms with E-state index in [1.165, 1.54) is 0 Å². The molecule has 1 N–H and O–H groups in total. The van der Waals surface area contributed by atoms with Crippen molar-refractivity contribution in [1.29, 1.82) is 0 Å². The van der Waals surface area contributed by atoms with Crippen molar-refractivity contribution in [2.45, 2.75) is 11.8 Å². The molecule has 1 saturated heterocycles. The first-order valence-electron chi connectivity index (χ1n) is 3.62.